The number of halogens is 1. The molecule has 1 amide bonds. The summed E-state index contributed by atoms with van der Waals surface area (Å²) in [5.41, 5.74) is 2.23. The van der Waals surface area contributed by atoms with Crippen LogP contribution in [0.5, 0.6) is 0 Å². The zero-order chi connectivity index (χ0) is 19.3. The summed E-state index contributed by atoms with van der Waals surface area (Å²) in [7, 11) is 0. The summed E-state index contributed by atoms with van der Waals surface area (Å²) in [6, 6.07) is 19.0. The Balaban J connectivity index is 1.41. The number of piperazine rings is 1. The molecule has 1 aromatic heterocycles. The average Bonchev–Trinajstić information content (AvgIpc) is 2.76. The van der Waals surface area contributed by atoms with E-state index in [-0.39, 0.29) is 5.91 Å². The van der Waals surface area contributed by atoms with Crippen LogP contribution in [0, 0.1) is 0 Å². The SMILES string of the molecule is O=C(Nc1ccc(Cl)cc1)c1ccnc(N2CCN(c3ccccc3)CC2)n1. The van der Waals surface area contributed by atoms with Crippen molar-refractivity contribution in [3.63, 3.8) is 0 Å². The monoisotopic (exact) mass is 393 g/mol. The highest BCUT2D eigenvalue weighted by Crippen LogP contribution is 2.18. The van der Waals surface area contributed by atoms with Crippen LogP contribution in [0.15, 0.2) is 66.9 Å². The van der Waals surface area contributed by atoms with E-state index in [0.29, 0.717) is 22.4 Å². The van der Waals surface area contributed by atoms with Crippen molar-refractivity contribution in [2.45, 2.75) is 0 Å². The number of nitrogens with one attached hydrogen (secondary N) is 1. The molecule has 0 unspecified atom stereocenters. The number of benzene rings is 2. The lowest BCUT2D eigenvalue weighted by Crippen LogP contribution is -2.47. The average molecular weight is 394 g/mol. The molecule has 0 bridgehead atoms. The third-order valence-corrected chi connectivity index (χ3v) is 4.91. The lowest BCUT2D eigenvalue weighted by atomic mass is 10.2. The Hall–Kier alpha value is -3.12. The van der Waals surface area contributed by atoms with E-state index in [1.807, 2.05) is 18.2 Å². The molecule has 0 aliphatic carbocycles. The molecule has 7 heteroatoms. The maximum Gasteiger partial charge on any atom is 0.274 e. The van der Waals surface area contributed by atoms with Crippen LogP contribution < -0.4 is 15.1 Å². The topological polar surface area (TPSA) is 61.4 Å². The summed E-state index contributed by atoms with van der Waals surface area (Å²) in [4.78, 5) is 25.8. The van der Waals surface area contributed by atoms with E-state index in [0.717, 1.165) is 26.2 Å². The van der Waals surface area contributed by atoms with E-state index >= 15 is 0 Å². The minimum Gasteiger partial charge on any atom is -0.368 e. The second kappa shape index (κ2) is 8.27. The van der Waals surface area contributed by atoms with Crippen molar-refractivity contribution in [2.24, 2.45) is 0 Å². The number of amides is 1. The molecule has 1 saturated heterocycles. The number of carbonyl (C=O) groups excluding carboxylic acids is 1. The number of para-hydroxylation sites is 1. The van der Waals surface area contributed by atoms with E-state index in [2.05, 4.69) is 37.2 Å². The zero-order valence-electron chi connectivity index (χ0n) is 15.3. The molecule has 1 aliphatic heterocycles. The third kappa shape index (κ3) is 4.23. The first-order valence-corrected chi connectivity index (χ1v) is 9.52. The van der Waals surface area contributed by atoms with Gasteiger partial charge in [-0.25, -0.2) is 9.97 Å². The Bertz CT molecular complexity index is 941. The van der Waals surface area contributed by atoms with Crippen molar-refractivity contribution in [3.05, 3.63) is 77.6 Å². The molecule has 2 aromatic carbocycles. The smallest absolute Gasteiger partial charge is 0.274 e. The quantitative estimate of drug-likeness (QED) is 0.732. The van der Waals surface area contributed by atoms with Gasteiger partial charge in [0.1, 0.15) is 5.69 Å². The van der Waals surface area contributed by atoms with Crippen LogP contribution in [-0.4, -0.2) is 42.1 Å². The standard InChI is InChI=1S/C21H20ClN5O/c22-16-6-8-17(9-7-16)24-20(28)19-10-11-23-21(25-19)27-14-12-26(13-15-27)18-4-2-1-3-5-18/h1-11H,12-15H2,(H,24,28). The summed E-state index contributed by atoms with van der Waals surface area (Å²) < 4.78 is 0. The van der Waals surface area contributed by atoms with Crippen molar-refractivity contribution >= 4 is 34.8 Å². The minimum atomic E-state index is -0.270. The largest absolute Gasteiger partial charge is 0.368 e. The van der Waals surface area contributed by atoms with Crippen molar-refractivity contribution in [3.8, 4) is 0 Å². The van der Waals surface area contributed by atoms with Crippen molar-refractivity contribution < 1.29 is 4.79 Å². The predicted octanol–water partition coefficient (Wildman–Crippen LogP) is 3.71. The molecule has 0 atom stereocenters. The summed E-state index contributed by atoms with van der Waals surface area (Å²) in [6.45, 7) is 3.37. The number of aromatic nitrogens is 2. The summed E-state index contributed by atoms with van der Waals surface area (Å²) in [6.07, 6.45) is 1.63. The highest BCUT2D eigenvalue weighted by molar-refractivity contribution is 6.30. The van der Waals surface area contributed by atoms with Crippen molar-refractivity contribution in [1.29, 1.82) is 0 Å². The molecule has 2 heterocycles. The van der Waals surface area contributed by atoms with Gasteiger partial charge in [-0.15, -0.1) is 0 Å². The number of nitrogens with zero attached hydrogens (tertiary/aromatic N) is 4. The fraction of sp³-hybridized carbons (Fsp3) is 0.190. The van der Waals surface area contributed by atoms with Gasteiger partial charge in [0, 0.05) is 48.8 Å². The van der Waals surface area contributed by atoms with Crippen LogP contribution in [0.2, 0.25) is 5.02 Å². The second-order valence-corrected chi connectivity index (χ2v) is 6.95. The summed E-state index contributed by atoms with van der Waals surface area (Å²) in [5, 5.41) is 3.45. The molecule has 28 heavy (non-hydrogen) atoms. The fourth-order valence-corrected chi connectivity index (χ4v) is 3.29. The summed E-state index contributed by atoms with van der Waals surface area (Å²) >= 11 is 5.88. The normalized spacial score (nSPS) is 14.0. The molecule has 6 nitrogen and oxygen atoms in total. The first kappa shape index (κ1) is 18.3. The Morgan fingerprint density at radius 1 is 0.893 bits per heavy atom. The first-order chi connectivity index (χ1) is 13.7. The van der Waals surface area contributed by atoms with Crippen molar-refractivity contribution in [2.75, 3.05) is 41.3 Å². The number of rotatable bonds is 4. The third-order valence-electron chi connectivity index (χ3n) is 4.66. The molecule has 142 valence electrons. The van der Waals surface area contributed by atoms with Gasteiger partial charge in [-0.3, -0.25) is 4.79 Å². The van der Waals surface area contributed by atoms with E-state index in [1.54, 1.807) is 36.5 Å². The van der Waals surface area contributed by atoms with Crippen LogP contribution in [0.3, 0.4) is 0 Å². The highest BCUT2D eigenvalue weighted by atomic mass is 35.5. The lowest BCUT2D eigenvalue weighted by Gasteiger charge is -2.36. The molecule has 3 aromatic rings. The Morgan fingerprint density at radius 2 is 1.57 bits per heavy atom. The number of anilines is 3. The Morgan fingerprint density at radius 3 is 2.29 bits per heavy atom. The molecular formula is C21H20ClN5O. The van der Waals surface area contributed by atoms with Crippen LogP contribution in [-0.2, 0) is 0 Å². The molecule has 1 fully saturated rings. The summed E-state index contributed by atoms with van der Waals surface area (Å²) in [5.74, 6) is 0.311. The lowest BCUT2D eigenvalue weighted by molar-refractivity contribution is 0.102. The fourth-order valence-electron chi connectivity index (χ4n) is 3.16. The highest BCUT2D eigenvalue weighted by Gasteiger charge is 2.20. The van der Waals surface area contributed by atoms with E-state index < -0.39 is 0 Å². The van der Waals surface area contributed by atoms with Gasteiger partial charge in [-0.1, -0.05) is 29.8 Å². The van der Waals surface area contributed by atoms with E-state index in [1.165, 1.54) is 5.69 Å². The Kier molecular flexibility index (Phi) is 5.39. The van der Waals surface area contributed by atoms with Crippen LogP contribution >= 0.6 is 11.6 Å². The molecule has 1 N–H and O–H groups in total. The van der Waals surface area contributed by atoms with E-state index in [4.69, 9.17) is 11.6 Å². The maximum absolute atomic E-state index is 12.5. The van der Waals surface area contributed by atoms with Gasteiger partial charge in [-0.05, 0) is 42.5 Å². The first-order valence-electron chi connectivity index (χ1n) is 9.14. The van der Waals surface area contributed by atoms with Crippen molar-refractivity contribution in [1.82, 2.24) is 9.97 Å². The van der Waals surface area contributed by atoms with Crippen LogP contribution in [0.25, 0.3) is 0 Å². The van der Waals surface area contributed by atoms with Gasteiger partial charge < -0.3 is 15.1 Å². The van der Waals surface area contributed by atoms with Gasteiger partial charge in [0.15, 0.2) is 0 Å². The van der Waals surface area contributed by atoms with Gasteiger partial charge in [0.05, 0.1) is 0 Å². The number of hydrogen-bond acceptors (Lipinski definition) is 5. The number of carbonyl (C=O) groups is 1. The van der Waals surface area contributed by atoms with Gasteiger partial charge >= 0.3 is 0 Å². The van der Waals surface area contributed by atoms with Crippen LogP contribution in [0.4, 0.5) is 17.3 Å². The minimum absolute atomic E-state index is 0.270. The van der Waals surface area contributed by atoms with Crippen LogP contribution in [0.1, 0.15) is 10.5 Å². The molecule has 1 aliphatic rings. The zero-order valence-corrected chi connectivity index (χ0v) is 16.0. The van der Waals surface area contributed by atoms with E-state index in [9.17, 15) is 4.79 Å². The molecule has 4 rings (SSSR count). The molecule has 0 saturated carbocycles. The number of hydrogen-bond donors (Lipinski definition) is 1. The molecular weight excluding hydrogens is 374 g/mol. The Labute approximate surface area is 168 Å². The predicted molar refractivity (Wildman–Crippen MR) is 112 cm³/mol. The van der Waals surface area contributed by atoms with Gasteiger partial charge in [-0.2, -0.15) is 0 Å². The second-order valence-electron chi connectivity index (χ2n) is 6.51. The molecule has 0 spiro atoms. The molecule has 0 radical (unpaired) electrons. The van der Waals surface area contributed by atoms with Gasteiger partial charge in [0.25, 0.3) is 5.91 Å². The maximum atomic E-state index is 12.5. The van der Waals surface area contributed by atoms with Gasteiger partial charge in [0.2, 0.25) is 5.95 Å².